The SMILES string of the molecule is Cc1ccc(OCc2nc(CC(=O)N[C@@H](C)CO)cs2)cc1. The van der Waals surface area contributed by atoms with E-state index in [1.807, 2.05) is 36.6 Å². The number of benzene rings is 1. The highest BCUT2D eigenvalue weighted by atomic mass is 32.1. The molecular weight excluding hydrogens is 300 g/mol. The summed E-state index contributed by atoms with van der Waals surface area (Å²) < 4.78 is 5.66. The summed E-state index contributed by atoms with van der Waals surface area (Å²) in [5.41, 5.74) is 1.90. The molecule has 118 valence electrons. The molecule has 2 aromatic rings. The summed E-state index contributed by atoms with van der Waals surface area (Å²) in [5, 5.41) is 14.3. The first-order valence-electron chi connectivity index (χ1n) is 7.10. The number of nitrogens with zero attached hydrogens (tertiary/aromatic N) is 1. The molecule has 1 aromatic heterocycles. The Balaban J connectivity index is 1.83. The Labute approximate surface area is 134 Å². The van der Waals surface area contributed by atoms with Gasteiger partial charge in [0.2, 0.25) is 5.91 Å². The molecule has 0 radical (unpaired) electrons. The van der Waals surface area contributed by atoms with E-state index in [0.29, 0.717) is 6.61 Å². The zero-order valence-corrected chi connectivity index (χ0v) is 13.5. The third-order valence-corrected chi connectivity index (χ3v) is 3.88. The van der Waals surface area contributed by atoms with Crippen molar-refractivity contribution in [3.05, 3.63) is 45.9 Å². The third-order valence-electron chi connectivity index (χ3n) is 3.01. The summed E-state index contributed by atoms with van der Waals surface area (Å²) in [6.45, 7) is 4.10. The molecule has 1 atom stereocenters. The van der Waals surface area contributed by atoms with E-state index in [4.69, 9.17) is 9.84 Å². The molecule has 0 aliphatic rings. The van der Waals surface area contributed by atoms with Gasteiger partial charge in [-0.1, -0.05) is 17.7 Å². The number of aliphatic hydroxyl groups excluding tert-OH is 1. The van der Waals surface area contributed by atoms with Crippen LogP contribution in [0.5, 0.6) is 5.75 Å². The van der Waals surface area contributed by atoms with Gasteiger partial charge in [0.1, 0.15) is 17.4 Å². The maximum Gasteiger partial charge on any atom is 0.226 e. The standard InChI is InChI=1S/C16H20N2O3S/c1-11-3-5-14(6-4-11)21-9-16-18-13(10-22-16)7-15(20)17-12(2)8-19/h3-6,10,12,19H,7-9H2,1-2H3,(H,17,20)/t12-/m0/s1. The minimum atomic E-state index is -0.240. The van der Waals surface area contributed by atoms with Crippen molar-refractivity contribution in [2.45, 2.75) is 32.9 Å². The Morgan fingerprint density at radius 2 is 2.14 bits per heavy atom. The van der Waals surface area contributed by atoms with Crippen LogP contribution in [0.4, 0.5) is 0 Å². The average molecular weight is 320 g/mol. The molecule has 2 N–H and O–H groups in total. The van der Waals surface area contributed by atoms with E-state index in [1.54, 1.807) is 6.92 Å². The Bertz CT molecular complexity index is 610. The van der Waals surface area contributed by atoms with Gasteiger partial charge >= 0.3 is 0 Å². The smallest absolute Gasteiger partial charge is 0.226 e. The van der Waals surface area contributed by atoms with Crippen LogP contribution in [0.15, 0.2) is 29.6 Å². The second kappa shape index (κ2) is 7.91. The van der Waals surface area contributed by atoms with Crippen LogP contribution in [0.3, 0.4) is 0 Å². The summed E-state index contributed by atoms with van der Waals surface area (Å²) in [5.74, 6) is 0.662. The zero-order chi connectivity index (χ0) is 15.9. The third kappa shape index (κ3) is 5.13. The highest BCUT2D eigenvalue weighted by molar-refractivity contribution is 7.09. The van der Waals surface area contributed by atoms with Crippen LogP contribution in [-0.2, 0) is 17.8 Å². The quantitative estimate of drug-likeness (QED) is 0.819. The fourth-order valence-electron chi connectivity index (χ4n) is 1.81. The second-order valence-electron chi connectivity index (χ2n) is 5.16. The van der Waals surface area contributed by atoms with Crippen molar-refractivity contribution in [3.8, 4) is 5.75 Å². The topological polar surface area (TPSA) is 71.5 Å². The minimum Gasteiger partial charge on any atom is -0.486 e. The molecule has 0 fully saturated rings. The molecule has 1 heterocycles. The van der Waals surface area contributed by atoms with Crippen LogP contribution in [-0.4, -0.2) is 28.6 Å². The maximum atomic E-state index is 11.7. The van der Waals surface area contributed by atoms with E-state index in [0.717, 1.165) is 16.5 Å². The van der Waals surface area contributed by atoms with Crippen molar-refractivity contribution in [1.82, 2.24) is 10.3 Å². The lowest BCUT2D eigenvalue weighted by Gasteiger charge is -2.09. The van der Waals surface area contributed by atoms with Crippen LogP contribution in [0.25, 0.3) is 0 Å². The van der Waals surface area contributed by atoms with E-state index in [-0.39, 0.29) is 25.0 Å². The van der Waals surface area contributed by atoms with Crippen molar-refractivity contribution in [2.24, 2.45) is 0 Å². The maximum absolute atomic E-state index is 11.7. The predicted molar refractivity (Wildman–Crippen MR) is 86.0 cm³/mol. The number of thiazole rings is 1. The molecule has 5 nitrogen and oxygen atoms in total. The molecule has 2 rings (SSSR count). The van der Waals surface area contributed by atoms with E-state index >= 15 is 0 Å². The highest BCUT2D eigenvalue weighted by Crippen LogP contribution is 2.16. The minimum absolute atomic E-state index is 0.0710. The molecule has 0 aliphatic carbocycles. The summed E-state index contributed by atoms with van der Waals surface area (Å²) in [4.78, 5) is 16.1. The van der Waals surface area contributed by atoms with Crippen molar-refractivity contribution in [2.75, 3.05) is 6.61 Å². The molecule has 0 unspecified atom stereocenters. The lowest BCUT2D eigenvalue weighted by atomic mass is 10.2. The first-order chi connectivity index (χ1) is 10.6. The molecule has 0 saturated carbocycles. The van der Waals surface area contributed by atoms with Gasteiger partial charge in [-0.25, -0.2) is 4.98 Å². The number of hydrogen-bond donors (Lipinski definition) is 2. The van der Waals surface area contributed by atoms with Gasteiger partial charge in [0.05, 0.1) is 18.7 Å². The molecule has 0 saturated heterocycles. The van der Waals surface area contributed by atoms with Gasteiger partial charge in [0.15, 0.2) is 0 Å². The summed E-state index contributed by atoms with van der Waals surface area (Å²) in [7, 11) is 0. The highest BCUT2D eigenvalue weighted by Gasteiger charge is 2.10. The zero-order valence-electron chi connectivity index (χ0n) is 12.7. The molecule has 1 aromatic carbocycles. The van der Waals surface area contributed by atoms with Gasteiger partial charge in [-0.15, -0.1) is 11.3 Å². The van der Waals surface area contributed by atoms with Crippen LogP contribution in [0.2, 0.25) is 0 Å². The number of ether oxygens (including phenoxy) is 1. The molecule has 0 aliphatic heterocycles. The lowest BCUT2D eigenvalue weighted by molar-refractivity contribution is -0.121. The number of aliphatic hydroxyl groups is 1. The molecule has 6 heteroatoms. The van der Waals surface area contributed by atoms with E-state index < -0.39 is 0 Å². The van der Waals surface area contributed by atoms with Crippen LogP contribution in [0.1, 0.15) is 23.2 Å². The summed E-state index contributed by atoms with van der Waals surface area (Å²) in [6, 6.07) is 7.60. The number of carbonyl (C=O) groups excluding carboxylic acids is 1. The van der Waals surface area contributed by atoms with E-state index in [1.165, 1.54) is 16.9 Å². The van der Waals surface area contributed by atoms with Gasteiger partial charge in [0, 0.05) is 11.4 Å². The first-order valence-corrected chi connectivity index (χ1v) is 7.97. The van der Waals surface area contributed by atoms with Crippen molar-refractivity contribution in [1.29, 1.82) is 0 Å². The fraction of sp³-hybridized carbons (Fsp3) is 0.375. The largest absolute Gasteiger partial charge is 0.486 e. The van der Waals surface area contributed by atoms with Crippen molar-refractivity contribution < 1.29 is 14.6 Å². The number of amides is 1. The van der Waals surface area contributed by atoms with Gasteiger partial charge < -0.3 is 15.2 Å². The first kappa shape index (κ1) is 16.5. The molecule has 1 amide bonds. The average Bonchev–Trinajstić information content (AvgIpc) is 2.93. The number of hydrogen-bond acceptors (Lipinski definition) is 5. The molecular formula is C16H20N2O3S. The summed E-state index contributed by atoms with van der Waals surface area (Å²) >= 11 is 1.47. The van der Waals surface area contributed by atoms with E-state index in [2.05, 4.69) is 10.3 Å². The van der Waals surface area contributed by atoms with Gasteiger partial charge in [-0.2, -0.15) is 0 Å². The number of aryl methyl sites for hydroxylation is 1. The Morgan fingerprint density at radius 3 is 2.82 bits per heavy atom. The van der Waals surface area contributed by atoms with Crippen molar-refractivity contribution >= 4 is 17.2 Å². The fourth-order valence-corrected chi connectivity index (χ4v) is 2.52. The lowest BCUT2D eigenvalue weighted by Crippen LogP contribution is -2.36. The predicted octanol–water partition coefficient (Wildman–Crippen LogP) is 2.07. The monoisotopic (exact) mass is 320 g/mol. The summed E-state index contributed by atoms with van der Waals surface area (Å²) in [6.07, 6.45) is 0.214. The number of nitrogens with one attached hydrogen (secondary N) is 1. The Hall–Kier alpha value is -1.92. The molecule has 0 spiro atoms. The van der Waals surface area contributed by atoms with Gasteiger partial charge in [-0.05, 0) is 26.0 Å². The number of rotatable bonds is 7. The van der Waals surface area contributed by atoms with Crippen LogP contribution in [0, 0.1) is 6.92 Å². The van der Waals surface area contributed by atoms with Crippen LogP contribution >= 0.6 is 11.3 Å². The van der Waals surface area contributed by atoms with Gasteiger partial charge in [0.25, 0.3) is 0 Å². The normalized spacial score (nSPS) is 12.0. The molecule has 22 heavy (non-hydrogen) atoms. The van der Waals surface area contributed by atoms with Crippen molar-refractivity contribution in [3.63, 3.8) is 0 Å². The number of aromatic nitrogens is 1. The number of carbonyl (C=O) groups is 1. The molecule has 0 bridgehead atoms. The van der Waals surface area contributed by atoms with E-state index in [9.17, 15) is 4.79 Å². The van der Waals surface area contributed by atoms with Crippen LogP contribution < -0.4 is 10.1 Å². The Morgan fingerprint density at radius 1 is 1.41 bits per heavy atom. The second-order valence-corrected chi connectivity index (χ2v) is 6.10. The Kier molecular flexibility index (Phi) is 5.91. The van der Waals surface area contributed by atoms with Gasteiger partial charge in [-0.3, -0.25) is 4.79 Å².